The van der Waals surface area contributed by atoms with Crippen LogP contribution in [0.5, 0.6) is 0 Å². The lowest BCUT2D eigenvalue weighted by Crippen LogP contribution is -2.34. The van der Waals surface area contributed by atoms with Gasteiger partial charge in [-0.25, -0.2) is 0 Å². The van der Waals surface area contributed by atoms with Gasteiger partial charge in [0.1, 0.15) is 0 Å². The lowest BCUT2D eigenvalue weighted by atomic mass is 10.0. The molecular formula is C16H27N3. The van der Waals surface area contributed by atoms with E-state index in [1.165, 1.54) is 11.1 Å². The summed E-state index contributed by atoms with van der Waals surface area (Å²) < 4.78 is 0. The standard InChI is InChI=1S/C16H27N3/c1-5-19(10-13(4)16(17)18)11-14-6-8-15(9-7-14)12(2)3/h6-9,12-13H,5,10-11H2,1-4H3,(H3,17,18). The van der Waals surface area contributed by atoms with E-state index >= 15 is 0 Å². The molecule has 0 aromatic heterocycles. The molecule has 1 aromatic carbocycles. The van der Waals surface area contributed by atoms with Crippen LogP contribution in [0.2, 0.25) is 0 Å². The molecule has 3 nitrogen and oxygen atoms in total. The predicted octanol–water partition coefficient (Wildman–Crippen LogP) is 3.20. The largest absolute Gasteiger partial charge is 0.387 e. The monoisotopic (exact) mass is 261 g/mol. The van der Waals surface area contributed by atoms with Crippen LogP contribution in [0.1, 0.15) is 44.7 Å². The van der Waals surface area contributed by atoms with E-state index in [4.69, 9.17) is 11.1 Å². The number of rotatable bonds is 7. The molecule has 0 amide bonds. The van der Waals surface area contributed by atoms with Crippen LogP contribution < -0.4 is 5.73 Å². The maximum Gasteiger partial charge on any atom is 0.0947 e. The molecule has 0 aliphatic heterocycles. The van der Waals surface area contributed by atoms with Crippen molar-refractivity contribution >= 4 is 5.84 Å². The lowest BCUT2D eigenvalue weighted by Gasteiger charge is -2.24. The summed E-state index contributed by atoms with van der Waals surface area (Å²) in [6, 6.07) is 8.83. The van der Waals surface area contributed by atoms with Crippen molar-refractivity contribution in [2.24, 2.45) is 11.7 Å². The number of nitrogens with one attached hydrogen (secondary N) is 1. The number of amidine groups is 1. The second-order valence-corrected chi connectivity index (χ2v) is 5.58. The van der Waals surface area contributed by atoms with Crippen LogP contribution in [0, 0.1) is 11.3 Å². The molecule has 0 fully saturated rings. The number of nitrogens with zero attached hydrogens (tertiary/aromatic N) is 1. The van der Waals surface area contributed by atoms with Crippen molar-refractivity contribution in [1.82, 2.24) is 4.90 Å². The minimum absolute atomic E-state index is 0.120. The Bertz CT molecular complexity index is 395. The SMILES string of the molecule is CCN(Cc1ccc(C(C)C)cc1)CC(C)C(=N)N. The fourth-order valence-electron chi connectivity index (χ4n) is 2.06. The Kier molecular flexibility index (Phi) is 6.03. The van der Waals surface area contributed by atoms with Gasteiger partial charge in [-0.15, -0.1) is 0 Å². The third-order valence-corrected chi connectivity index (χ3v) is 3.56. The van der Waals surface area contributed by atoms with Gasteiger partial charge in [0.05, 0.1) is 5.84 Å². The normalized spacial score (nSPS) is 12.9. The Hall–Kier alpha value is -1.35. The zero-order valence-corrected chi connectivity index (χ0v) is 12.6. The van der Waals surface area contributed by atoms with E-state index in [9.17, 15) is 0 Å². The number of benzene rings is 1. The van der Waals surface area contributed by atoms with Gasteiger partial charge < -0.3 is 5.73 Å². The molecule has 1 aromatic rings. The van der Waals surface area contributed by atoms with Crippen molar-refractivity contribution in [3.05, 3.63) is 35.4 Å². The van der Waals surface area contributed by atoms with Crippen molar-refractivity contribution in [3.8, 4) is 0 Å². The number of hydrogen-bond acceptors (Lipinski definition) is 2. The molecule has 0 spiro atoms. The molecule has 0 saturated carbocycles. The van der Waals surface area contributed by atoms with Crippen molar-refractivity contribution in [2.45, 2.75) is 40.2 Å². The molecule has 1 rings (SSSR count). The molecule has 19 heavy (non-hydrogen) atoms. The summed E-state index contributed by atoms with van der Waals surface area (Å²) in [7, 11) is 0. The van der Waals surface area contributed by atoms with E-state index in [0.29, 0.717) is 5.92 Å². The number of nitrogens with two attached hydrogens (primary N) is 1. The minimum atomic E-state index is 0.120. The van der Waals surface area contributed by atoms with Gasteiger partial charge in [-0.2, -0.15) is 0 Å². The summed E-state index contributed by atoms with van der Waals surface area (Å²) in [5, 5.41) is 7.47. The van der Waals surface area contributed by atoms with Gasteiger partial charge >= 0.3 is 0 Å². The van der Waals surface area contributed by atoms with Gasteiger partial charge in [0.15, 0.2) is 0 Å². The average Bonchev–Trinajstić information content (AvgIpc) is 2.38. The van der Waals surface area contributed by atoms with Gasteiger partial charge in [-0.1, -0.05) is 52.0 Å². The topological polar surface area (TPSA) is 53.1 Å². The first-order chi connectivity index (χ1) is 8.93. The molecule has 106 valence electrons. The highest BCUT2D eigenvalue weighted by Gasteiger charge is 2.11. The van der Waals surface area contributed by atoms with Gasteiger partial charge in [0, 0.05) is 19.0 Å². The van der Waals surface area contributed by atoms with Gasteiger partial charge in [0.2, 0.25) is 0 Å². The average molecular weight is 261 g/mol. The Morgan fingerprint density at radius 3 is 2.21 bits per heavy atom. The first-order valence-corrected chi connectivity index (χ1v) is 7.09. The first-order valence-electron chi connectivity index (χ1n) is 7.09. The van der Waals surface area contributed by atoms with Crippen molar-refractivity contribution in [1.29, 1.82) is 5.41 Å². The molecule has 0 radical (unpaired) electrons. The van der Waals surface area contributed by atoms with E-state index in [0.717, 1.165) is 19.6 Å². The highest BCUT2D eigenvalue weighted by atomic mass is 15.1. The Morgan fingerprint density at radius 2 is 1.79 bits per heavy atom. The Morgan fingerprint density at radius 1 is 1.21 bits per heavy atom. The zero-order valence-electron chi connectivity index (χ0n) is 12.6. The summed E-state index contributed by atoms with van der Waals surface area (Å²) in [6.45, 7) is 11.3. The van der Waals surface area contributed by atoms with Crippen LogP contribution >= 0.6 is 0 Å². The maximum atomic E-state index is 7.47. The van der Waals surface area contributed by atoms with Crippen LogP contribution in [-0.4, -0.2) is 23.8 Å². The van der Waals surface area contributed by atoms with Gasteiger partial charge in [-0.05, 0) is 23.6 Å². The van der Waals surface area contributed by atoms with Crippen LogP contribution in [0.4, 0.5) is 0 Å². The molecule has 0 saturated heterocycles. The van der Waals surface area contributed by atoms with Crippen LogP contribution in [0.3, 0.4) is 0 Å². The van der Waals surface area contributed by atoms with Crippen molar-refractivity contribution in [3.63, 3.8) is 0 Å². The maximum absolute atomic E-state index is 7.47. The Labute approximate surface area is 117 Å². The van der Waals surface area contributed by atoms with E-state index in [-0.39, 0.29) is 11.8 Å². The summed E-state index contributed by atoms with van der Waals surface area (Å²) in [6.07, 6.45) is 0. The summed E-state index contributed by atoms with van der Waals surface area (Å²) in [5.41, 5.74) is 8.24. The second kappa shape index (κ2) is 7.29. The van der Waals surface area contributed by atoms with Crippen LogP contribution in [0.25, 0.3) is 0 Å². The second-order valence-electron chi connectivity index (χ2n) is 5.58. The molecule has 0 aliphatic rings. The van der Waals surface area contributed by atoms with Crippen LogP contribution in [0.15, 0.2) is 24.3 Å². The predicted molar refractivity (Wildman–Crippen MR) is 82.6 cm³/mol. The molecule has 1 unspecified atom stereocenters. The molecule has 0 bridgehead atoms. The lowest BCUT2D eigenvalue weighted by molar-refractivity contribution is 0.263. The van der Waals surface area contributed by atoms with E-state index in [1.807, 2.05) is 6.92 Å². The van der Waals surface area contributed by atoms with E-state index in [1.54, 1.807) is 0 Å². The third kappa shape index (κ3) is 5.03. The minimum Gasteiger partial charge on any atom is -0.387 e. The highest BCUT2D eigenvalue weighted by Crippen LogP contribution is 2.16. The Balaban J connectivity index is 2.62. The number of hydrogen-bond donors (Lipinski definition) is 2. The molecule has 0 heterocycles. The van der Waals surface area contributed by atoms with Crippen LogP contribution in [-0.2, 0) is 6.54 Å². The molecule has 3 N–H and O–H groups in total. The fourth-order valence-corrected chi connectivity index (χ4v) is 2.06. The van der Waals surface area contributed by atoms with Crippen molar-refractivity contribution in [2.75, 3.05) is 13.1 Å². The van der Waals surface area contributed by atoms with E-state index < -0.39 is 0 Å². The molecule has 0 aliphatic carbocycles. The fraction of sp³-hybridized carbons (Fsp3) is 0.562. The zero-order chi connectivity index (χ0) is 14.4. The van der Waals surface area contributed by atoms with E-state index in [2.05, 4.69) is 49.9 Å². The smallest absolute Gasteiger partial charge is 0.0947 e. The summed E-state index contributed by atoms with van der Waals surface area (Å²) in [5.74, 6) is 0.970. The van der Waals surface area contributed by atoms with Crippen molar-refractivity contribution < 1.29 is 0 Å². The molecule has 3 heteroatoms. The van der Waals surface area contributed by atoms with Gasteiger partial charge in [0.25, 0.3) is 0 Å². The highest BCUT2D eigenvalue weighted by molar-refractivity contribution is 5.79. The summed E-state index contributed by atoms with van der Waals surface area (Å²) >= 11 is 0. The third-order valence-electron chi connectivity index (χ3n) is 3.56. The molecular weight excluding hydrogens is 234 g/mol. The first kappa shape index (κ1) is 15.7. The molecule has 1 atom stereocenters. The quantitative estimate of drug-likeness (QED) is 0.585. The summed E-state index contributed by atoms with van der Waals surface area (Å²) in [4.78, 5) is 2.33. The van der Waals surface area contributed by atoms with Gasteiger partial charge in [-0.3, -0.25) is 10.3 Å².